The van der Waals surface area contributed by atoms with Crippen molar-refractivity contribution in [3.05, 3.63) is 52.5 Å². The van der Waals surface area contributed by atoms with Crippen molar-refractivity contribution in [3.8, 4) is 0 Å². The maximum atomic E-state index is 4.04. The summed E-state index contributed by atoms with van der Waals surface area (Å²) in [5, 5.41) is 2.11. The summed E-state index contributed by atoms with van der Waals surface area (Å²) in [5.41, 5.74) is 1.32. The molecular formula is C12H12BrNS. The predicted octanol–water partition coefficient (Wildman–Crippen LogP) is 4.38. The fourth-order valence-electron chi connectivity index (χ4n) is 1.53. The first-order chi connectivity index (χ1) is 7.29. The van der Waals surface area contributed by atoms with Gasteiger partial charge in [0, 0.05) is 17.3 Å². The van der Waals surface area contributed by atoms with E-state index in [4.69, 9.17) is 0 Å². The SMILES string of the molecule is CC(c1ccncc1)C(Br)c1cccs1. The molecule has 0 aromatic carbocycles. The van der Waals surface area contributed by atoms with Gasteiger partial charge in [-0.2, -0.15) is 0 Å². The zero-order valence-electron chi connectivity index (χ0n) is 8.43. The van der Waals surface area contributed by atoms with E-state index in [0.717, 1.165) is 0 Å². The molecule has 2 aromatic heterocycles. The minimum absolute atomic E-state index is 0.389. The lowest BCUT2D eigenvalue weighted by Gasteiger charge is -2.17. The highest BCUT2D eigenvalue weighted by atomic mass is 79.9. The van der Waals surface area contributed by atoms with Crippen LogP contribution in [0.3, 0.4) is 0 Å². The van der Waals surface area contributed by atoms with Crippen molar-refractivity contribution in [1.29, 1.82) is 0 Å². The van der Waals surface area contributed by atoms with Crippen LogP contribution in [-0.4, -0.2) is 4.98 Å². The van der Waals surface area contributed by atoms with Crippen molar-refractivity contribution in [2.24, 2.45) is 0 Å². The topological polar surface area (TPSA) is 12.9 Å². The highest BCUT2D eigenvalue weighted by Crippen LogP contribution is 2.39. The normalized spacial score (nSPS) is 14.8. The summed E-state index contributed by atoms with van der Waals surface area (Å²) in [4.78, 5) is 5.80. The average Bonchev–Trinajstić information content (AvgIpc) is 2.82. The van der Waals surface area contributed by atoms with E-state index in [1.54, 1.807) is 11.3 Å². The lowest BCUT2D eigenvalue weighted by Crippen LogP contribution is -2.00. The van der Waals surface area contributed by atoms with Gasteiger partial charge in [0.1, 0.15) is 0 Å². The van der Waals surface area contributed by atoms with E-state index in [1.807, 2.05) is 12.4 Å². The number of hydrogen-bond donors (Lipinski definition) is 0. The minimum atomic E-state index is 0.389. The van der Waals surface area contributed by atoms with Crippen molar-refractivity contribution < 1.29 is 0 Å². The third-order valence-electron chi connectivity index (χ3n) is 2.49. The second-order valence-corrected chi connectivity index (χ2v) is 5.45. The molecule has 0 radical (unpaired) electrons. The first-order valence-electron chi connectivity index (χ1n) is 4.86. The molecule has 3 heteroatoms. The van der Waals surface area contributed by atoms with Crippen LogP contribution in [-0.2, 0) is 0 Å². The molecule has 0 aliphatic rings. The highest BCUT2D eigenvalue weighted by molar-refractivity contribution is 9.09. The van der Waals surface area contributed by atoms with Gasteiger partial charge in [-0.1, -0.05) is 28.9 Å². The van der Waals surface area contributed by atoms with Crippen LogP contribution in [0.2, 0.25) is 0 Å². The molecule has 0 saturated carbocycles. The fraction of sp³-hybridized carbons (Fsp3) is 0.250. The van der Waals surface area contributed by atoms with Crippen molar-refractivity contribution in [2.45, 2.75) is 17.7 Å². The molecule has 78 valence electrons. The Morgan fingerprint density at radius 2 is 2.00 bits per heavy atom. The Labute approximate surface area is 102 Å². The number of pyridine rings is 1. The van der Waals surface area contributed by atoms with Crippen LogP contribution in [0, 0.1) is 0 Å². The highest BCUT2D eigenvalue weighted by Gasteiger charge is 2.18. The molecule has 0 saturated heterocycles. The van der Waals surface area contributed by atoms with Crippen LogP contribution in [0.15, 0.2) is 42.0 Å². The van der Waals surface area contributed by atoms with E-state index >= 15 is 0 Å². The third-order valence-corrected chi connectivity index (χ3v) is 5.03. The second kappa shape index (κ2) is 4.90. The van der Waals surface area contributed by atoms with E-state index in [9.17, 15) is 0 Å². The van der Waals surface area contributed by atoms with Crippen molar-refractivity contribution in [1.82, 2.24) is 4.98 Å². The maximum Gasteiger partial charge on any atom is 0.0554 e. The van der Waals surface area contributed by atoms with Crippen LogP contribution < -0.4 is 0 Å². The molecule has 1 nitrogen and oxygen atoms in total. The second-order valence-electron chi connectivity index (χ2n) is 3.49. The van der Waals surface area contributed by atoms with Gasteiger partial charge in [0.25, 0.3) is 0 Å². The van der Waals surface area contributed by atoms with E-state index in [1.165, 1.54) is 10.4 Å². The van der Waals surface area contributed by atoms with Gasteiger partial charge >= 0.3 is 0 Å². The molecule has 0 fully saturated rings. The molecule has 2 heterocycles. The van der Waals surface area contributed by atoms with Gasteiger partial charge in [-0.25, -0.2) is 0 Å². The molecule has 0 bridgehead atoms. The Bertz CT molecular complexity index is 399. The van der Waals surface area contributed by atoms with Gasteiger partial charge in [0.15, 0.2) is 0 Å². The zero-order valence-corrected chi connectivity index (χ0v) is 10.8. The fourth-order valence-corrected chi connectivity index (χ4v) is 3.12. The Kier molecular flexibility index (Phi) is 3.54. The predicted molar refractivity (Wildman–Crippen MR) is 68.6 cm³/mol. The summed E-state index contributed by atoms with van der Waals surface area (Å²) in [6.45, 7) is 2.23. The Morgan fingerprint density at radius 3 is 2.60 bits per heavy atom. The Balaban J connectivity index is 2.18. The van der Waals surface area contributed by atoms with Crippen LogP contribution in [0.5, 0.6) is 0 Å². The average molecular weight is 282 g/mol. The molecule has 0 aliphatic carbocycles. The smallest absolute Gasteiger partial charge is 0.0554 e. The number of rotatable bonds is 3. The monoisotopic (exact) mass is 281 g/mol. The first-order valence-corrected chi connectivity index (χ1v) is 6.66. The summed E-state index contributed by atoms with van der Waals surface area (Å²) in [6, 6.07) is 8.41. The maximum absolute atomic E-state index is 4.04. The van der Waals surface area contributed by atoms with E-state index in [-0.39, 0.29) is 0 Å². The molecule has 2 atom stereocenters. The summed E-state index contributed by atoms with van der Waals surface area (Å²) in [7, 11) is 0. The van der Waals surface area contributed by atoms with Gasteiger partial charge in [-0.3, -0.25) is 4.98 Å². The van der Waals surface area contributed by atoms with Crippen LogP contribution in [0.1, 0.15) is 28.1 Å². The van der Waals surface area contributed by atoms with Crippen LogP contribution >= 0.6 is 27.3 Å². The van der Waals surface area contributed by atoms with Crippen LogP contribution in [0.25, 0.3) is 0 Å². The summed E-state index contributed by atoms with van der Waals surface area (Å²) >= 11 is 5.55. The van der Waals surface area contributed by atoms with Gasteiger partial charge < -0.3 is 0 Å². The summed E-state index contributed by atoms with van der Waals surface area (Å²) < 4.78 is 0. The molecular weight excluding hydrogens is 270 g/mol. The Morgan fingerprint density at radius 1 is 1.27 bits per heavy atom. The molecule has 15 heavy (non-hydrogen) atoms. The molecule has 2 unspecified atom stereocenters. The van der Waals surface area contributed by atoms with E-state index in [2.05, 4.69) is 57.5 Å². The minimum Gasteiger partial charge on any atom is -0.265 e. The Hall–Kier alpha value is -0.670. The van der Waals surface area contributed by atoms with Gasteiger partial charge in [-0.05, 0) is 35.1 Å². The van der Waals surface area contributed by atoms with Gasteiger partial charge in [-0.15, -0.1) is 11.3 Å². The van der Waals surface area contributed by atoms with Crippen molar-refractivity contribution in [2.75, 3.05) is 0 Å². The number of halogens is 1. The molecule has 2 rings (SSSR count). The largest absolute Gasteiger partial charge is 0.265 e. The lowest BCUT2D eigenvalue weighted by atomic mass is 9.98. The quantitative estimate of drug-likeness (QED) is 0.761. The first kappa shape index (κ1) is 10.8. The van der Waals surface area contributed by atoms with Gasteiger partial charge in [0.05, 0.1) is 4.83 Å². The molecule has 0 N–H and O–H groups in total. The van der Waals surface area contributed by atoms with E-state index < -0.39 is 0 Å². The molecule has 2 aromatic rings. The number of aromatic nitrogens is 1. The molecule has 0 spiro atoms. The van der Waals surface area contributed by atoms with Gasteiger partial charge in [0.2, 0.25) is 0 Å². The number of alkyl halides is 1. The number of thiophene rings is 1. The third kappa shape index (κ3) is 2.47. The molecule has 0 amide bonds. The van der Waals surface area contributed by atoms with Crippen molar-refractivity contribution in [3.63, 3.8) is 0 Å². The van der Waals surface area contributed by atoms with Crippen molar-refractivity contribution >= 4 is 27.3 Å². The van der Waals surface area contributed by atoms with E-state index in [0.29, 0.717) is 10.7 Å². The summed E-state index contributed by atoms with van der Waals surface area (Å²) in [6.07, 6.45) is 3.69. The summed E-state index contributed by atoms with van der Waals surface area (Å²) in [5.74, 6) is 0.464. The molecule has 0 aliphatic heterocycles. The lowest BCUT2D eigenvalue weighted by molar-refractivity contribution is 0.759. The number of nitrogens with zero attached hydrogens (tertiary/aromatic N) is 1. The number of hydrogen-bond acceptors (Lipinski definition) is 2. The zero-order chi connectivity index (χ0) is 10.7. The standard InChI is InChI=1S/C12H12BrNS/c1-9(10-4-6-14-7-5-10)12(13)11-3-2-8-15-11/h2-9,12H,1H3. The van der Waals surface area contributed by atoms with Crippen LogP contribution in [0.4, 0.5) is 0 Å².